The average Bonchev–Trinajstić information content (AvgIpc) is 2.92. The van der Waals surface area contributed by atoms with Crippen molar-refractivity contribution in [3.63, 3.8) is 0 Å². The van der Waals surface area contributed by atoms with Crippen LogP contribution in [0.2, 0.25) is 0 Å². The molecule has 0 bridgehead atoms. The number of thioether (sulfide) groups is 1. The largest absolute Gasteiger partial charge is 0.480 e. The van der Waals surface area contributed by atoms with Crippen molar-refractivity contribution in [1.29, 1.82) is 0 Å². The highest BCUT2D eigenvalue weighted by molar-refractivity contribution is 8.01. The number of anilines is 1. The van der Waals surface area contributed by atoms with Crippen molar-refractivity contribution in [2.45, 2.75) is 56.7 Å². The van der Waals surface area contributed by atoms with E-state index in [0.29, 0.717) is 16.8 Å². The quantitative estimate of drug-likeness (QED) is 0.580. The first-order valence-corrected chi connectivity index (χ1v) is 9.63. The molecule has 7 heteroatoms. The summed E-state index contributed by atoms with van der Waals surface area (Å²) in [5.41, 5.74) is 2.19. The summed E-state index contributed by atoms with van der Waals surface area (Å²) in [6, 6.07) is 5.93. The molecule has 0 saturated carbocycles. The lowest BCUT2D eigenvalue weighted by Gasteiger charge is -2.18. The Morgan fingerprint density at radius 2 is 2.08 bits per heavy atom. The fraction of sp³-hybridized carbons (Fsp3) is 0.471. The number of nitrogens with zero attached hydrogens (tertiary/aromatic N) is 2. The minimum atomic E-state index is -0.559. The predicted molar refractivity (Wildman–Crippen MR) is 100 cm³/mol. The van der Waals surface area contributed by atoms with Crippen molar-refractivity contribution in [2.75, 3.05) is 5.32 Å². The number of hydrogen-bond acceptors (Lipinski definition) is 6. The molecule has 5 nitrogen and oxygen atoms in total. The Kier molecular flexibility index (Phi) is 6.62. The summed E-state index contributed by atoms with van der Waals surface area (Å²) in [5.74, 6) is 0.533. The van der Waals surface area contributed by atoms with E-state index in [4.69, 9.17) is 4.74 Å². The van der Waals surface area contributed by atoms with Crippen LogP contribution in [0.25, 0.3) is 0 Å². The van der Waals surface area contributed by atoms with E-state index in [1.165, 1.54) is 16.9 Å². The normalized spacial score (nSPS) is 12.2. The Hall–Kier alpha value is -1.60. The van der Waals surface area contributed by atoms with Gasteiger partial charge in [0.15, 0.2) is 10.4 Å². The van der Waals surface area contributed by atoms with Crippen LogP contribution in [0.15, 0.2) is 22.5 Å². The Balaban J connectivity index is 2.02. The molecule has 0 aliphatic heterocycles. The van der Waals surface area contributed by atoms with Crippen molar-refractivity contribution < 1.29 is 9.53 Å². The SMILES string of the molecule is CC[C@H](Oc1ccc(C)cc1C)C(=O)Nc1nnc(SC(C)C)s1. The van der Waals surface area contributed by atoms with Gasteiger partial charge in [0.1, 0.15) is 5.75 Å². The van der Waals surface area contributed by atoms with Crippen LogP contribution in [0.1, 0.15) is 38.3 Å². The third-order valence-corrected chi connectivity index (χ3v) is 5.16. The Morgan fingerprint density at radius 1 is 1.33 bits per heavy atom. The zero-order chi connectivity index (χ0) is 17.7. The Bertz CT molecular complexity index is 701. The molecule has 24 heavy (non-hydrogen) atoms. The van der Waals surface area contributed by atoms with E-state index in [2.05, 4.69) is 29.4 Å². The smallest absolute Gasteiger partial charge is 0.267 e. The topological polar surface area (TPSA) is 64.1 Å². The van der Waals surface area contributed by atoms with Gasteiger partial charge in [0.05, 0.1) is 0 Å². The molecule has 1 aromatic carbocycles. The highest BCUT2D eigenvalue weighted by atomic mass is 32.2. The first-order chi connectivity index (χ1) is 11.4. The highest BCUT2D eigenvalue weighted by Gasteiger charge is 2.21. The minimum absolute atomic E-state index is 0.199. The van der Waals surface area contributed by atoms with Crippen molar-refractivity contribution in [3.8, 4) is 5.75 Å². The van der Waals surface area contributed by atoms with Gasteiger partial charge in [-0.2, -0.15) is 0 Å². The summed E-state index contributed by atoms with van der Waals surface area (Å²) < 4.78 is 6.74. The molecule has 130 valence electrons. The second-order valence-electron chi connectivity index (χ2n) is 5.81. The number of carbonyl (C=O) groups excluding carboxylic acids is 1. The van der Waals surface area contributed by atoms with E-state index in [1.54, 1.807) is 11.8 Å². The molecule has 1 amide bonds. The minimum Gasteiger partial charge on any atom is -0.480 e. The average molecular weight is 366 g/mol. The summed E-state index contributed by atoms with van der Waals surface area (Å²) in [6.07, 6.45) is 0.0162. The van der Waals surface area contributed by atoms with Crippen LogP contribution in [0.4, 0.5) is 5.13 Å². The summed E-state index contributed by atoms with van der Waals surface area (Å²) in [7, 11) is 0. The van der Waals surface area contributed by atoms with E-state index >= 15 is 0 Å². The maximum Gasteiger partial charge on any atom is 0.267 e. The van der Waals surface area contributed by atoms with Crippen LogP contribution in [-0.2, 0) is 4.79 Å². The molecule has 2 rings (SSSR count). The second-order valence-corrected chi connectivity index (χ2v) is 8.61. The molecule has 1 heterocycles. The molecular weight excluding hydrogens is 342 g/mol. The van der Waals surface area contributed by atoms with Crippen LogP contribution in [0, 0.1) is 13.8 Å². The molecule has 0 radical (unpaired) electrons. The van der Waals surface area contributed by atoms with Crippen molar-refractivity contribution in [3.05, 3.63) is 29.3 Å². The van der Waals surface area contributed by atoms with Crippen molar-refractivity contribution >= 4 is 34.1 Å². The molecule has 0 spiro atoms. The number of benzene rings is 1. The molecular formula is C17H23N3O2S2. The van der Waals surface area contributed by atoms with E-state index in [1.807, 2.05) is 39.0 Å². The molecule has 1 atom stereocenters. The summed E-state index contributed by atoms with van der Waals surface area (Å²) in [4.78, 5) is 12.5. The Labute approximate surface area is 151 Å². The maximum atomic E-state index is 12.5. The predicted octanol–water partition coefficient (Wildman–Crippen LogP) is 4.45. The number of amides is 1. The van der Waals surface area contributed by atoms with Crippen LogP contribution in [0.3, 0.4) is 0 Å². The second kappa shape index (κ2) is 8.48. The fourth-order valence-electron chi connectivity index (χ4n) is 2.10. The van der Waals surface area contributed by atoms with Crippen molar-refractivity contribution in [1.82, 2.24) is 10.2 Å². The lowest BCUT2D eigenvalue weighted by atomic mass is 10.1. The van der Waals surface area contributed by atoms with Gasteiger partial charge in [-0.1, -0.05) is 61.6 Å². The third-order valence-electron chi connectivity index (χ3n) is 3.24. The standard InChI is InChI=1S/C17H23N3O2S2/c1-6-13(22-14-8-7-11(4)9-12(14)5)15(21)18-16-19-20-17(24-16)23-10(2)3/h7-10,13H,6H2,1-5H3,(H,18,19,21)/t13-/m0/s1. The van der Waals surface area contributed by atoms with E-state index in [9.17, 15) is 4.79 Å². The van der Waals surface area contributed by atoms with Gasteiger partial charge >= 0.3 is 0 Å². The van der Waals surface area contributed by atoms with Gasteiger partial charge in [0, 0.05) is 5.25 Å². The molecule has 1 aromatic heterocycles. The van der Waals surface area contributed by atoms with E-state index in [-0.39, 0.29) is 5.91 Å². The van der Waals surface area contributed by atoms with Crippen LogP contribution < -0.4 is 10.1 Å². The van der Waals surface area contributed by atoms with Gasteiger partial charge in [-0.3, -0.25) is 10.1 Å². The maximum absolute atomic E-state index is 12.5. The molecule has 0 aliphatic rings. The fourth-order valence-corrected chi connectivity index (χ4v) is 4.08. The third kappa shape index (κ3) is 5.21. The number of aromatic nitrogens is 2. The molecule has 0 aliphatic carbocycles. The van der Waals surface area contributed by atoms with Gasteiger partial charge in [-0.05, 0) is 31.9 Å². The molecule has 0 fully saturated rings. The lowest BCUT2D eigenvalue weighted by molar-refractivity contribution is -0.122. The van der Waals surface area contributed by atoms with Crippen LogP contribution >= 0.6 is 23.1 Å². The molecule has 0 unspecified atom stereocenters. The summed E-state index contributed by atoms with van der Waals surface area (Å²) in [5, 5.41) is 11.8. The molecule has 0 saturated heterocycles. The van der Waals surface area contributed by atoms with E-state index < -0.39 is 6.10 Å². The van der Waals surface area contributed by atoms with Gasteiger partial charge in [-0.15, -0.1) is 10.2 Å². The zero-order valence-corrected chi connectivity index (χ0v) is 16.3. The number of hydrogen-bond donors (Lipinski definition) is 1. The Morgan fingerprint density at radius 3 is 2.71 bits per heavy atom. The van der Waals surface area contributed by atoms with Crippen molar-refractivity contribution in [2.24, 2.45) is 0 Å². The van der Waals surface area contributed by atoms with Gasteiger partial charge in [0.25, 0.3) is 5.91 Å². The highest BCUT2D eigenvalue weighted by Crippen LogP contribution is 2.29. The van der Waals surface area contributed by atoms with Gasteiger partial charge in [0.2, 0.25) is 5.13 Å². The van der Waals surface area contributed by atoms with Gasteiger partial charge in [-0.25, -0.2) is 0 Å². The zero-order valence-electron chi connectivity index (χ0n) is 14.6. The summed E-state index contributed by atoms with van der Waals surface area (Å²) >= 11 is 3.01. The molecule has 2 aromatic rings. The van der Waals surface area contributed by atoms with Crippen LogP contribution in [-0.4, -0.2) is 27.5 Å². The van der Waals surface area contributed by atoms with Crippen LogP contribution in [0.5, 0.6) is 5.75 Å². The lowest BCUT2D eigenvalue weighted by Crippen LogP contribution is -2.32. The van der Waals surface area contributed by atoms with Gasteiger partial charge < -0.3 is 4.74 Å². The van der Waals surface area contributed by atoms with E-state index in [0.717, 1.165) is 15.7 Å². The number of aryl methyl sites for hydroxylation is 2. The monoisotopic (exact) mass is 365 g/mol. The first kappa shape index (κ1) is 18.7. The number of ether oxygens (including phenoxy) is 1. The number of nitrogens with one attached hydrogen (secondary N) is 1. The first-order valence-electron chi connectivity index (χ1n) is 7.94. The molecule has 1 N–H and O–H groups in total. The number of carbonyl (C=O) groups is 1. The number of rotatable bonds is 7. The summed E-state index contributed by atoms with van der Waals surface area (Å²) in [6.45, 7) is 10.1.